The van der Waals surface area contributed by atoms with Crippen molar-refractivity contribution in [1.82, 2.24) is 4.90 Å². The van der Waals surface area contributed by atoms with Crippen molar-refractivity contribution in [3.63, 3.8) is 0 Å². The number of ether oxygens (including phenoxy) is 1. The highest BCUT2D eigenvalue weighted by Crippen LogP contribution is 2.29. The molecule has 1 aromatic carbocycles. The summed E-state index contributed by atoms with van der Waals surface area (Å²) in [5, 5.41) is 0. The third kappa shape index (κ3) is 4.35. The Kier molecular flexibility index (Phi) is 5.37. The number of amides is 1. The standard InChI is InChI=1S/C19H27NO4S/c1-14-7-8-18(11-15(14)2)24-12-19(21)20(16-5-3-4-6-16)17-9-10-25(22,23)13-17/h7-8,11,16-17H,3-6,9-10,12-13H2,1-2H3. The van der Waals surface area contributed by atoms with Gasteiger partial charge in [-0.1, -0.05) is 18.9 Å². The maximum absolute atomic E-state index is 12.9. The third-order valence-corrected chi connectivity index (χ3v) is 7.20. The Balaban J connectivity index is 1.69. The fourth-order valence-electron chi connectivity index (χ4n) is 3.91. The van der Waals surface area contributed by atoms with Crippen molar-refractivity contribution in [3.8, 4) is 5.75 Å². The van der Waals surface area contributed by atoms with Gasteiger partial charge < -0.3 is 9.64 Å². The molecule has 6 heteroatoms. The van der Waals surface area contributed by atoms with Gasteiger partial charge in [-0.15, -0.1) is 0 Å². The summed E-state index contributed by atoms with van der Waals surface area (Å²) in [6, 6.07) is 5.75. The molecule has 0 spiro atoms. The van der Waals surface area contributed by atoms with Gasteiger partial charge in [-0.05, 0) is 56.4 Å². The molecule has 1 aromatic rings. The summed E-state index contributed by atoms with van der Waals surface area (Å²) in [6.45, 7) is 4.01. The molecule has 1 aliphatic carbocycles. The lowest BCUT2D eigenvalue weighted by atomic mass is 10.1. The average Bonchev–Trinajstić information content (AvgIpc) is 3.19. The van der Waals surface area contributed by atoms with Crippen LogP contribution in [0.25, 0.3) is 0 Å². The summed E-state index contributed by atoms with van der Waals surface area (Å²) in [4.78, 5) is 14.7. The van der Waals surface area contributed by atoms with Gasteiger partial charge in [0.05, 0.1) is 11.5 Å². The smallest absolute Gasteiger partial charge is 0.261 e. The molecule has 1 unspecified atom stereocenters. The second-order valence-corrected chi connectivity index (χ2v) is 9.56. The Bertz CT molecular complexity index is 738. The molecule has 2 aliphatic rings. The lowest BCUT2D eigenvalue weighted by Gasteiger charge is -2.34. The molecule has 138 valence electrons. The number of hydrogen-bond acceptors (Lipinski definition) is 4. The number of nitrogens with zero attached hydrogens (tertiary/aromatic N) is 1. The minimum absolute atomic E-state index is 0.0322. The van der Waals surface area contributed by atoms with Gasteiger partial charge in [0.15, 0.2) is 16.4 Å². The maximum atomic E-state index is 12.9. The van der Waals surface area contributed by atoms with E-state index < -0.39 is 9.84 Å². The van der Waals surface area contributed by atoms with E-state index in [1.54, 1.807) is 0 Å². The molecular formula is C19H27NO4S. The SMILES string of the molecule is Cc1ccc(OCC(=O)N(C2CCCC2)C2CCS(=O)(=O)C2)cc1C. The first-order chi connectivity index (χ1) is 11.9. The fraction of sp³-hybridized carbons (Fsp3) is 0.632. The van der Waals surface area contributed by atoms with Crippen LogP contribution in [0.1, 0.15) is 43.2 Å². The van der Waals surface area contributed by atoms with Gasteiger partial charge in [-0.3, -0.25) is 4.79 Å². The molecule has 3 rings (SSSR count). The topological polar surface area (TPSA) is 63.7 Å². The van der Waals surface area contributed by atoms with Crippen molar-refractivity contribution >= 4 is 15.7 Å². The van der Waals surface area contributed by atoms with Crippen LogP contribution in [0.5, 0.6) is 5.75 Å². The van der Waals surface area contributed by atoms with E-state index in [0.29, 0.717) is 12.2 Å². The van der Waals surface area contributed by atoms with Crippen LogP contribution >= 0.6 is 0 Å². The second-order valence-electron chi connectivity index (χ2n) is 7.33. The summed E-state index contributed by atoms with van der Waals surface area (Å²) in [5.41, 5.74) is 2.31. The van der Waals surface area contributed by atoms with Gasteiger partial charge >= 0.3 is 0 Å². The number of benzene rings is 1. The van der Waals surface area contributed by atoms with Crippen LogP contribution in [-0.4, -0.2) is 49.4 Å². The van der Waals surface area contributed by atoms with Crippen LogP contribution in [0, 0.1) is 13.8 Å². The molecule has 1 saturated carbocycles. The largest absolute Gasteiger partial charge is 0.484 e. The number of aryl methyl sites for hydroxylation is 2. The van der Waals surface area contributed by atoms with Crippen molar-refractivity contribution in [1.29, 1.82) is 0 Å². The van der Waals surface area contributed by atoms with Crippen LogP contribution in [0.4, 0.5) is 0 Å². The van der Waals surface area contributed by atoms with Gasteiger partial charge in [0, 0.05) is 12.1 Å². The van der Waals surface area contributed by atoms with E-state index in [4.69, 9.17) is 4.74 Å². The number of hydrogen-bond donors (Lipinski definition) is 0. The van der Waals surface area contributed by atoms with Gasteiger partial charge in [0.2, 0.25) is 0 Å². The van der Waals surface area contributed by atoms with Gasteiger partial charge in [0.1, 0.15) is 5.75 Å². The molecule has 5 nitrogen and oxygen atoms in total. The van der Waals surface area contributed by atoms with E-state index in [0.717, 1.165) is 31.2 Å². The van der Waals surface area contributed by atoms with Crippen LogP contribution in [0.3, 0.4) is 0 Å². The molecule has 1 saturated heterocycles. The first kappa shape index (κ1) is 18.2. The normalized spacial score (nSPS) is 22.9. The second kappa shape index (κ2) is 7.36. The molecule has 0 radical (unpaired) electrons. The monoisotopic (exact) mass is 365 g/mol. The first-order valence-corrected chi connectivity index (χ1v) is 10.9. The van der Waals surface area contributed by atoms with Crippen molar-refractivity contribution in [2.45, 2.75) is 58.0 Å². The quantitative estimate of drug-likeness (QED) is 0.805. The predicted molar refractivity (Wildman–Crippen MR) is 97.6 cm³/mol. The molecular weight excluding hydrogens is 338 g/mol. The van der Waals surface area contributed by atoms with E-state index in [2.05, 4.69) is 0 Å². The number of carbonyl (C=O) groups excluding carboxylic acids is 1. The zero-order chi connectivity index (χ0) is 18.0. The summed E-state index contributed by atoms with van der Waals surface area (Å²) in [6.07, 6.45) is 4.68. The molecule has 2 fully saturated rings. The number of sulfone groups is 1. The van der Waals surface area contributed by atoms with E-state index in [1.807, 2.05) is 36.9 Å². The molecule has 1 amide bonds. The average molecular weight is 365 g/mol. The Morgan fingerprint density at radius 2 is 1.84 bits per heavy atom. The molecule has 25 heavy (non-hydrogen) atoms. The van der Waals surface area contributed by atoms with Crippen LogP contribution in [0.2, 0.25) is 0 Å². The van der Waals surface area contributed by atoms with E-state index in [1.165, 1.54) is 5.56 Å². The molecule has 0 aromatic heterocycles. The Morgan fingerprint density at radius 1 is 1.12 bits per heavy atom. The summed E-state index contributed by atoms with van der Waals surface area (Å²) in [5.74, 6) is 0.875. The maximum Gasteiger partial charge on any atom is 0.261 e. The fourth-order valence-corrected chi connectivity index (χ4v) is 5.62. The zero-order valence-corrected chi connectivity index (χ0v) is 15.8. The van der Waals surface area contributed by atoms with Crippen LogP contribution in [0.15, 0.2) is 18.2 Å². The van der Waals surface area contributed by atoms with E-state index >= 15 is 0 Å². The number of rotatable bonds is 5. The van der Waals surface area contributed by atoms with E-state index in [-0.39, 0.29) is 36.1 Å². The minimum Gasteiger partial charge on any atom is -0.484 e. The van der Waals surface area contributed by atoms with Crippen molar-refractivity contribution in [2.75, 3.05) is 18.1 Å². The van der Waals surface area contributed by atoms with Gasteiger partial charge in [0.25, 0.3) is 5.91 Å². The van der Waals surface area contributed by atoms with Crippen molar-refractivity contribution < 1.29 is 17.9 Å². The summed E-state index contributed by atoms with van der Waals surface area (Å²) in [7, 11) is -3.02. The van der Waals surface area contributed by atoms with E-state index in [9.17, 15) is 13.2 Å². The van der Waals surface area contributed by atoms with Gasteiger partial charge in [-0.2, -0.15) is 0 Å². The van der Waals surface area contributed by atoms with Gasteiger partial charge in [-0.25, -0.2) is 8.42 Å². The molecule has 1 atom stereocenters. The molecule has 1 aliphatic heterocycles. The Morgan fingerprint density at radius 3 is 2.44 bits per heavy atom. The zero-order valence-electron chi connectivity index (χ0n) is 15.0. The molecule has 1 heterocycles. The lowest BCUT2D eigenvalue weighted by molar-refractivity contribution is -0.137. The predicted octanol–water partition coefficient (Wildman–Crippen LogP) is 2.64. The highest BCUT2D eigenvalue weighted by atomic mass is 32.2. The highest BCUT2D eigenvalue weighted by Gasteiger charge is 2.39. The Labute approximate surface area is 150 Å². The van der Waals surface area contributed by atoms with Crippen molar-refractivity contribution in [2.24, 2.45) is 0 Å². The summed E-state index contributed by atoms with van der Waals surface area (Å²) < 4.78 is 29.4. The molecule has 0 bridgehead atoms. The molecule has 0 N–H and O–H groups in total. The first-order valence-electron chi connectivity index (χ1n) is 9.07. The number of carbonyl (C=O) groups is 1. The lowest BCUT2D eigenvalue weighted by Crippen LogP contribution is -2.48. The minimum atomic E-state index is -3.02. The van der Waals surface area contributed by atoms with Crippen LogP contribution < -0.4 is 4.74 Å². The van der Waals surface area contributed by atoms with Crippen molar-refractivity contribution in [3.05, 3.63) is 29.3 Å². The third-order valence-electron chi connectivity index (χ3n) is 5.45. The Hall–Kier alpha value is -1.56. The van der Waals surface area contributed by atoms with Crippen LogP contribution in [-0.2, 0) is 14.6 Å². The summed E-state index contributed by atoms with van der Waals surface area (Å²) >= 11 is 0. The highest BCUT2D eigenvalue weighted by molar-refractivity contribution is 7.91.